The van der Waals surface area contributed by atoms with Gasteiger partial charge in [0.1, 0.15) is 5.76 Å². The summed E-state index contributed by atoms with van der Waals surface area (Å²) in [6, 6.07) is 6.67. The van der Waals surface area contributed by atoms with Crippen molar-refractivity contribution in [3.63, 3.8) is 0 Å². The van der Waals surface area contributed by atoms with Gasteiger partial charge in [0, 0.05) is 6.04 Å². The van der Waals surface area contributed by atoms with E-state index in [1.807, 2.05) is 0 Å². The van der Waals surface area contributed by atoms with Crippen LogP contribution in [0.5, 0.6) is 0 Å². The number of benzene rings is 1. The van der Waals surface area contributed by atoms with Gasteiger partial charge < -0.3 is 14.5 Å². The minimum atomic E-state index is -3.93. The zero-order valence-corrected chi connectivity index (χ0v) is 19.2. The average molecular weight is 478 g/mol. The Balaban J connectivity index is 1.61. The zero-order valence-electron chi connectivity index (χ0n) is 18.4. The molecule has 3 rings (SSSR count). The van der Waals surface area contributed by atoms with Gasteiger partial charge in [0.05, 0.1) is 23.3 Å². The van der Waals surface area contributed by atoms with Gasteiger partial charge in [-0.1, -0.05) is 18.9 Å². The SMILES string of the molecule is Cc1ccc(S(=O)(=O)NCc2ccco2)cc1C(=O)OC(C)C(=O)NC(=O)NC1CCCC1. The molecule has 1 unspecified atom stereocenters. The van der Waals surface area contributed by atoms with Gasteiger partial charge in [0.25, 0.3) is 5.91 Å². The second kappa shape index (κ2) is 10.6. The number of carbonyl (C=O) groups is 3. The lowest BCUT2D eigenvalue weighted by Gasteiger charge is -2.16. The van der Waals surface area contributed by atoms with Crippen LogP contribution in [-0.4, -0.2) is 38.5 Å². The van der Waals surface area contributed by atoms with Crippen LogP contribution in [0.1, 0.15) is 54.3 Å². The second-order valence-electron chi connectivity index (χ2n) is 7.87. The van der Waals surface area contributed by atoms with Crippen molar-refractivity contribution in [3.8, 4) is 0 Å². The van der Waals surface area contributed by atoms with Gasteiger partial charge in [-0.3, -0.25) is 10.1 Å². The van der Waals surface area contributed by atoms with E-state index in [0.717, 1.165) is 25.7 Å². The van der Waals surface area contributed by atoms with E-state index in [0.29, 0.717) is 11.3 Å². The first-order valence-corrected chi connectivity index (χ1v) is 12.1. The minimum Gasteiger partial charge on any atom is -0.468 e. The van der Waals surface area contributed by atoms with Crippen LogP contribution in [0, 0.1) is 6.92 Å². The molecule has 1 aromatic carbocycles. The van der Waals surface area contributed by atoms with Crippen LogP contribution in [0.4, 0.5) is 4.79 Å². The summed E-state index contributed by atoms with van der Waals surface area (Å²) < 4.78 is 37.9. The van der Waals surface area contributed by atoms with Crippen LogP contribution in [0.2, 0.25) is 0 Å². The van der Waals surface area contributed by atoms with Gasteiger partial charge in [-0.15, -0.1) is 0 Å². The van der Waals surface area contributed by atoms with Crippen molar-refractivity contribution >= 4 is 27.9 Å². The van der Waals surface area contributed by atoms with E-state index in [-0.39, 0.29) is 23.0 Å². The summed E-state index contributed by atoms with van der Waals surface area (Å²) in [7, 11) is -3.93. The molecule has 0 radical (unpaired) electrons. The third kappa shape index (κ3) is 6.65. The molecule has 33 heavy (non-hydrogen) atoms. The van der Waals surface area contributed by atoms with Crippen molar-refractivity contribution in [2.45, 2.75) is 63.1 Å². The molecule has 3 N–H and O–H groups in total. The topological polar surface area (TPSA) is 144 Å². The molecule has 1 atom stereocenters. The van der Waals surface area contributed by atoms with Crippen LogP contribution in [0.25, 0.3) is 0 Å². The van der Waals surface area contributed by atoms with Gasteiger partial charge in [0.2, 0.25) is 10.0 Å². The molecule has 10 nitrogen and oxygen atoms in total. The Morgan fingerprint density at radius 3 is 2.58 bits per heavy atom. The smallest absolute Gasteiger partial charge is 0.339 e. The molecule has 0 bridgehead atoms. The number of hydrogen-bond acceptors (Lipinski definition) is 7. The highest BCUT2D eigenvalue weighted by Crippen LogP contribution is 2.19. The summed E-state index contributed by atoms with van der Waals surface area (Å²) in [5.41, 5.74) is 0.461. The molecule has 1 aliphatic carbocycles. The van der Waals surface area contributed by atoms with Crippen molar-refractivity contribution < 1.29 is 32.0 Å². The molecule has 1 aliphatic rings. The number of imide groups is 1. The van der Waals surface area contributed by atoms with Crippen molar-refractivity contribution in [2.75, 3.05) is 0 Å². The van der Waals surface area contributed by atoms with E-state index >= 15 is 0 Å². The molecule has 0 aliphatic heterocycles. The van der Waals surface area contributed by atoms with Gasteiger partial charge in [-0.2, -0.15) is 0 Å². The Kier molecular flexibility index (Phi) is 7.88. The van der Waals surface area contributed by atoms with Crippen LogP contribution < -0.4 is 15.4 Å². The highest BCUT2D eigenvalue weighted by molar-refractivity contribution is 7.89. The van der Waals surface area contributed by atoms with Crippen molar-refractivity contribution in [2.24, 2.45) is 0 Å². The summed E-state index contributed by atoms with van der Waals surface area (Å²) in [6.45, 7) is 2.89. The Bertz CT molecular complexity index is 1110. The molecule has 0 saturated heterocycles. The highest BCUT2D eigenvalue weighted by Gasteiger charge is 2.25. The number of urea groups is 1. The highest BCUT2D eigenvalue weighted by atomic mass is 32.2. The summed E-state index contributed by atoms with van der Waals surface area (Å²) in [6.07, 6.45) is 3.95. The number of nitrogens with one attached hydrogen (secondary N) is 3. The molecular formula is C22H27N3O7S. The predicted octanol–water partition coefficient (Wildman–Crippen LogP) is 2.38. The molecule has 1 aromatic heterocycles. The Morgan fingerprint density at radius 2 is 1.91 bits per heavy atom. The Hall–Kier alpha value is -3.18. The molecule has 1 heterocycles. The number of hydrogen-bond donors (Lipinski definition) is 3. The largest absolute Gasteiger partial charge is 0.468 e. The Labute approximate surface area is 192 Å². The van der Waals surface area contributed by atoms with E-state index in [9.17, 15) is 22.8 Å². The molecule has 3 amide bonds. The summed E-state index contributed by atoms with van der Waals surface area (Å²) in [4.78, 5) is 36.7. The quantitative estimate of drug-likeness (QED) is 0.495. The monoisotopic (exact) mass is 477 g/mol. The van der Waals surface area contributed by atoms with Gasteiger partial charge >= 0.3 is 12.0 Å². The van der Waals surface area contributed by atoms with Gasteiger partial charge in [0.15, 0.2) is 6.10 Å². The molecule has 11 heteroatoms. The summed E-state index contributed by atoms with van der Waals surface area (Å²) in [5, 5.41) is 4.88. The number of ether oxygens (including phenoxy) is 1. The van der Waals surface area contributed by atoms with Gasteiger partial charge in [-0.05, 0) is 56.5 Å². The van der Waals surface area contributed by atoms with E-state index in [1.54, 1.807) is 19.1 Å². The lowest BCUT2D eigenvalue weighted by molar-refractivity contribution is -0.127. The maximum Gasteiger partial charge on any atom is 0.339 e. The maximum atomic E-state index is 12.6. The van der Waals surface area contributed by atoms with Crippen LogP contribution >= 0.6 is 0 Å². The van der Waals surface area contributed by atoms with Gasteiger partial charge in [-0.25, -0.2) is 22.7 Å². The van der Waals surface area contributed by atoms with E-state index in [2.05, 4.69) is 15.4 Å². The molecule has 1 fully saturated rings. The third-order valence-electron chi connectivity index (χ3n) is 5.34. The fraction of sp³-hybridized carbons (Fsp3) is 0.409. The molecule has 0 spiro atoms. The fourth-order valence-corrected chi connectivity index (χ4v) is 4.45. The number of carbonyl (C=O) groups excluding carboxylic acids is 3. The summed E-state index contributed by atoms with van der Waals surface area (Å²) >= 11 is 0. The first kappa shape index (κ1) is 24.5. The fourth-order valence-electron chi connectivity index (χ4n) is 3.43. The van der Waals surface area contributed by atoms with E-state index < -0.39 is 34.0 Å². The number of aryl methyl sites for hydroxylation is 1. The number of amides is 3. The van der Waals surface area contributed by atoms with Crippen molar-refractivity contribution in [1.82, 2.24) is 15.4 Å². The molecular weight excluding hydrogens is 450 g/mol. The van der Waals surface area contributed by atoms with Crippen LogP contribution in [0.3, 0.4) is 0 Å². The van der Waals surface area contributed by atoms with Crippen LogP contribution in [0.15, 0.2) is 45.9 Å². The normalized spacial score (nSPS) is 15.1. The first-order chi connectivity index (χ1) is 15.7. The van der Waals surface area contributed by atoms with Crippen molar-refractivity contribution in [1.29, 1.82) is 0 Å². The zero-order chi connectivity index (χ0) is 24.0. The molecule has 1 saturated carbocycles. The van der Waals surface area contributed by atoms with E-state index in [1.165, 1.54) is 31.4 Å². The number of rotatable bonds is 8. The molecule has 2 aromatic rings. The number of esters is 1. The molecule has 178 valence electrons. The average Bonchev–Trinajstić information content (AvgIpc) is 3.46. The lowest BCUT2D eigenvalue weighted by atomic mass is 10.1. The minimum absolute atomic E-state index is 0.00840. The number of sulfonamides is 1. The number of furan rings is 1. The lowest BCUT2D eigenvalue weighted by Crippen LogP contribution is -2.47. The van der Waals surface area contributed by atoms with E-state index in [4.69, 9.17) is 9.15 Å². The Morgan fingerprint density at radius 1 is 1.18 bits per heavy atom. The maximum absolute atomic E-state index is 12.6. The second-order valence-corrected chi connectivity index (χ2v) is 9.64. The predicted molar refractivity (Wildman–Crippen MR) is 118 cm³/mol. The first-order valence-electron chi connectivity index (χ1n) is 10.6. The van der Waals surface area contributed by atoms with Crippen LogP contribution in [-0.2, 0) is 26.1 Å². The summed E-state index contributed by atoms with van der Waals surface area (Å²) in [5.74, 6) is -1.23. The standard InChI is InChI=1S/C22H27N3O7S/c1-14-9-10-18(33(29,30)23-13-17-8-5-11-31-17)12-19(14)21(27)32-15(2)20(26)25-22(28)24-16-6-3-4-7-16/h5,8-12,15-16,23H,3-4,6-7,13H2,1-2H3,(H2,24,25,26,28). The van der Waals surface area contributed by atoms with Crippen molar-refractivity contribution in [3.05, 3.63) is 53.5 Å². The third-order valence-corrected chi connectivity index (χ3v) is 6.73.